The predicted molar refractivity (Wildman–Crippen MR) is 106 cm³/mol. The van der Waals surface area contributed by atoms with Gasteiger partial charge >= 0.3 is 0 Å². The Morgan fingerprint density at radius 2 is 1.86 bits per heavy atom. The molecule has 0 heterocycles. The average Bonchev–Trinajstić information content (AvgIpc) is 2.46. The van der Waals surface area contributed by atoms with Gasteiger partial charge in [0.1, 0.15) is 0 Å². The SMILES string of the molecule is C=C(C)COCCN=C(N)Nc1c(CC)cccc1CC.I. The van der Waals surface area contributed by atoms with Crippen LogP contribution in [0.2, 0.25) is 0 Å². The fraction of sp³-hybridized carbons (Fsp3) is 0.471. The average molecular weight is 417 g/mol. The molecule has 0 unspecified atom stereocenters. The fourth-order valence-corrected chi connectivity index (χ4v) is 2.05. The Morgan fingerprint density at radius 3 is 2.36 bits per heavy atom. The summed E-state index contributed by atoms with van der Waals surface area (Å²) in [6.07, 6.45) is 1.93. The van der Waals surface area contributed by atoms with Crippen LogP contribution in [0.25, 0.3) is 0 Å². The molecule has 0 saturated carbocycles. The first-order valence-electron chi connectivity index (χ1n) is 7.48. The van der Waals surface area contributed by atoms with Gasteiger partial charge in [-0.05, 0) is 30.9 Å². The third-order valence-corrected chi connectivity index (χ3v) is 3.12. The maximum absolute atomic E-state index is 5.96. The van der Waals surface area contributed by atoms with Crippen LogP contribution in [0.3, 0.4) is 0 Å². The van der Waals surface area contributed by atoms with Crippen molar-refractivity contribution in [3.8, 4) is 0 Å². The zero-order chi connectivity index (χ0) is 15.7. The number of ether oxygens (including phenoxy) is 1. The first-order chi connectivity index (χ1) is 10.1. The minimum absolute atomic E-state index is 0. The number of nitrogens with two attached hydrogens (primary N) is 1. The van der Waals surface area contributed by atoms with E-state index in [1.54, 1.807) is 0 Å². The number of halogens is 1. The van der Waals surface area contributed by atoms with E-state index in [0.29, 0.717) is 25.7 Å². The van der Waals surface area contributed by atoms with Crippen LogP contribution in [0.1, 0.15) is 31.9 Å². The highest BCUT2D eigenvalue weighted by molar-refractivity contribution is 14.0. The Bertz CT molecular complexity index is 478. The molecule has 1 rings (SSSR count). The van der Waals surface area contributed by atoms with E-state index in [-0.39, 0.29) is 24.0 Å². The largest absolute Gasteiger partial charge is 0.375 e. The van der Waals surface area contributed by atoms with Crippen LogP contribution < -0.4 is 11.1 Å². The van der Waals surface area contributed by atoms with Crippen LogP contribution in [-0.4, -0.2) is 25.7 Å². The van der Waals surface area contributed by atoms with E-state index in [2.05, 4.69) is 48.9 Å². The van der Waals surface area contributed by atoms with Crippen LogP contribution >= 0.6 is 24.0 Å². The molecule has 0 spiro atoms. The van der Waals surface area contributed by atoms with E-state index in [9.17, 15) is 0 Å². The Kier molecular flexibility index (Phi) is 10.9. The summed E-state index contributed by atoms with van der Waals surface area (Å²) in [5.41, 5.74) is 10.6. The van der Waals surface area contributed by atoms with Gasteiger partial charge in [0.25, 0.3) is 0 Å². The lowest BCUT2D eigenvalue weighted by molar-refractivity contribution is 0.165. The second-order valence-corrected chi connectivity index (χ2v) is 5.06. The van der Waals surface area contributed by atoms with Gasteiger partial charge in [-0.3, -0.25) is 4.99 Å². The van der Waals surface area contributed by atoms with Crippen molar-refractivity contribution in [3.63, 3.8) is 0 Å². The number of nitrogens with zero attached hydrogens (tertiary/aromatic N) is 1. The van der Waals surface area contributed by atoms with Crippen molar-refractivity contribution < 1.29 is 4.74 Å². The Balaban J connectivity index is 0.00000441. The van der Waals surface area contributed by atoms with Crippen LogP contribution in [0.5, 0.6) is 0 Å². The highest BCUT2D eigenvalue weighted by Crippen LogP contribution is 2.22. The summed E-state index contributed by atoms with van der Waals surface area (Å²) >= 11 is 0. The molecule has 0 amide bonds. The summed E-state index contributed by atoms with van der Waals surface area (Å²) < 4.78 is 5.40. The van der Waals surface area contributed by atoms with Gasteiger partial charge in [0.15, 0.2) is 5.96 Å². The molecular weight excluding hydrogens is 389 g/mol. The molecule has 0 bridgehead atoms. The molecular formula is C17H28IN3O. The summed E-state index contributed by atoms with van der Waals surface area (Å²) in [5, 5.41) is 3.24. The minimum atomic E-state index is 0. The van der Waals surface area contributed by atoms with Crippen LogP contribution in [0.4, 0.5) is 5.69 Å². The molecule has 4 nitrogen and oxygen atoms in total. The third kappa shape index (κ3) is 7.26. The van der Waals surface area contributed by atoms with Crippen molar-refractivity contribution in [1.82, 2.24) is 0 Å². The molecule has 0 fully saturated rings. The zero-order valence-electron chi connectivity index (χ0n) is 13.8. The molecule has 22 heavy (non-hydrogen) atoms. The van der Waals surface area contributed by atoms with Gasteiger partial charge < -0.3 is 15.8 Å². The second-order valence-electron chi connectivity index (χ2n) is 5.06. The maximum Gasteiger partial charge on any atom is 0.193 e. The van der Waals surface area contributed by atoms with Gasteiger partial charge in [-0.15, -0.1) is 24.0 Å². The highest BCUT2D eigenvalue weighted by Gasteiger charge is 2.06. The van der Waals surface area contributed by atoms with Crippen LogP contribution in [0, 0.1) is 0 Å². The number of hydrogen-bond donors (Lipinski definition) is 2. The number of aliphatic imine (C=N–C) groups is 1. The molecule has 0 aliphatic rings. The smallest absolute Gasteiger partial charge is 0.193 e. The highest BCUT2D eigenvalue weighted by atomic mass is 127. The van der Waals surface area contributed by atoms with Crippen molar-refractivity contribution in [1.29, 1.82) is 0 Å². The van der Waals surface area contributed by atoms with E-state index in [4.69, 9.17) is 10.5 Å². The van der Waals surface area contributed by atoms with E-state index in [1.807, 2.05) is 6.92 Å². The number of guanidine groups is 1. The molecule has 0 aliphatic heterocycles. The Hall–Kier alpha value is -1.08. The van der Waals surface area contributed by atoms with Crippen molar-refractivity contribution >= 4 is 35.6 Å². The summed E-state index contributed by atoms with van der Waals surface area (Å²) in [6, 6.07) is 6.32. The fourth-order valence-electron chi connectivity index (χ4n) is 2.05. The topological polar surface area (TPSA) is 59.6 Å². The molecule has 5 heteroatoms. The first kappa shape index (κ1) is 20.9. The van der Waals surface area contributed by atoms with Gasteiger partial charge in [-0.2, -0.15) is 0 Å². The van der Waals surface area contributed by atoms with Crippen molar-refractivity contribution in [2.24, 2.45) is 10.7 Å². The summed E-state index contributed by atoms with van der Waals surface area (Å²) in [5.74, 6) is 0.435. The standard InChI is InChI=1S/C17H27N3O.HI/c1-5-14-8-7-9-15(6-2)16(14)20-17(18)19-10-11-21-12-13(3)4;/h7-9H,3,5-6,10-12H2,1-2,4H3,(H3,18,19,20);1H. The molecule has 0 radical (unpaired) electrons. The van der Waals surface area contributed by atoms with E-state index in [0.717, 1.165) is 24.1 Å². The Labute approximate surface area is 151 Å². The van der Waals surface area contributed by atoms with Gasteiger partial charge in [-0.1, -0.05) is 44.2 Å². The molecule has 0 atom stereocenters. The van der Waals surface area contributed by atoms with Gasteiger partial charge in [0.2, 0.25) is 0 Å². The van der Waals surface area contributed by atoms with Crippen molar-refractivity contribution in [3.05, 3.63) is 41.5 Å². The first-order valence-corrected chi connectivity index (χ1v) is 7.48. The van der Waals surface area contributed by atoms with E-state index >= 15 is 0 Å². The monoisotopic (exact) mass is 417 g/mol. The van der Waals surface area contributed by atoms with Gasteiger partial charge in [0.05, 0.1) is 19.8 Å². The second kappa shape index (κ2) is 11.5. The van der Waals surface area contributed by atoms with Gasteiger partial charge in [-0.25, -0.2) is 0 Å². The predicted octanol–water partition coefficient (Wildman–Crippen LogP) is 3.75. The van der Waals surface area contributed by atoms with E-state index < -0.39 is 0 Å². The van der Waals surface area contributed by atoms with E-state index in [1.165, 1.54) is 11.1 Å². The normalized spacial score (nSPS) is 11.0. The minimum Gasteiger partial charge on any atom is -0.375 e. The summed E-state index contributed by atoms with van der Waals surface area (Å²) in [6.45, 7) is 11.7. The number of nitrogens with one attached hydrogen (secondary N) is 1. The molecule has 1 aromatic rings. The lowest BCUT2D eigenvalue weighted by atomic mass is 10.0. The molecule has 3 N–H and O–H groups in total. The lowest BCUT2D eigenvalue weighted by Crippen LogP contribution is -2.25. The number of anilines is 1. The number of hydrogen-bond acceptors (Lipinski definition) is 2. The zero-order valence-corrected chi connectivity index (χ0v) is 16.1. The number of aryl methyl sites for hydroxylation is 2. The molecule has 0 aromatic heterocycles. The van der Waals surface area contributed by atoms with Crippen molar-refractivity contribution in [2.75, 3.05) is 25.1 Å². The maximum atomic E-state index is 5.96. The Morgan fingerprint density at radius 1 is 1.27 bits per heavy atom. The lowest BCUT2D eigenvalue weighted by Gasteiger charge is -2.14. The number of benzene rings is 1. The van der Waals surface area contributed by atoms with Crippen LogP contribution in [-0.2, 0) is 17.6 Å². The quantitative estimate of drug-likeness (QED) is 0.223. The van der Waals surface area contributed by atoms with Crippen LogP contribution in [0.15, 0.2) is 35.3 Å². The molecule has 0 saturated heterocycles. The third-order valence-electron chi connectivity index (χ3n) is 3.12. The summed E-state index contributed by atoms with van der Waals surface area (Å²) in [4.78, 5) is 4.30. The number of para-hydroxylation sites is 1. The summed E-state index contributed by atoms with van der Waals surface area (Å²) in [7, 11) is 0. The molecule has 1 aromatic carbocycles. The van der Waals surface area contributed by atoms with Gasteiger partial charge in [0, 0.05) is 5.69 Å². The molecule has 0 aliphatic carbocycles. The number of rotatable bonds is 8. The van der Waals surface area contributed by atoms with Crippen molar-refractivity contribution in [2.45, 2.75) is 33.6 Å². The molecule has 124 valence electrons.